The Bertz CT molecular complexity index is 1340. The number of allylic oxidation sites excluding steroid dienone is 3. The Hall–Kier alpha value is -3.46. The van der Waals surface area contributed by atoms with Crippen molar-refractivity contribution in [3.05, 3.63) is 119 Å². The first-order valence-electron chi connectivity index (χ1n) is 10.9. The van der Waals surface area contributed by atoms with Gasteiger partial charge in [-0.2, -0.15) is 17.2 Å². The van der Waals surface area contributed by atoms with Crippen molar-refractivity contribution in [1.82, 2.24) is 0 Å². The van der Waals surface area contributed by atoms with Gasteiger partial charge in [0.15, 0.2) is 11.6 Å². The molecule has 0 saturated carbocycles. The van der Waals surface area contributed by atoms with Gasteiger partial charge in [-0.3, -0.25) is 0 Å². The van der Waals surface area contributed by atoms with Gasteiger partial charge in [0.05, 0.1) is 0 Å². The average Bonchev–Trinajstić information content (AvgIpc) is 2.85. The van der Waals surface area contributed by atoms with E-state index in [4.69, 9.17) is 0 Å². The van der Waals surface area contributed by atoms with E-state index < -0.39 is 55.5 Å². The predicted molar refractivity (Wildman–Crippen MR) is 127 cm³/mol. The molecule has 3 aromatic rings. The monoisotopic (exact) mass is 522 g/mol. The van der Waals surface area contributed by atoms with Gasteiger partial charge in [-0.15, -0.1) is 6.58 Å². The summed E-state index contributed by atoms with van der Waals surface area (Å²) in [5.74, 6) is -10.6. The lowest BCUT2D eigenvalue weighted by Crippen LogP contribution is -2.15. The minimum absolute atomic E-state index is 0.0675. The second-order valence-corrected chi connectivity index (χ2v) is 9.62. The third-order valence-corrected chi connectivity index (χ3v) is 6.73. The van der Waals surface area contributed by atoms with Crippen LogP contribution in [0, 0.1) is 36.0 Å². The maximum absolute atomic E-state index is 14.8. The van der Waals surface area contributed by atoms with E-state index in [9.17, 15) is 30.4 Å². The lowest BCUT2D eigenvalue weighted by Gasteiger charge is -2.17. The van der Waals surface area contributed by atoms with Gasteiger partial charge < -0.3 is 4.18 Å². The zero-order valence-corrected chi connectivity index (χ0v) is 20.1. The second kappa shape index (κ2) is 11.5. The molecule has 0 bridgehead atoms. The molecule has 9 heteroatoms. The molecule has 3 rings (SSSR count). The van der Waals surface area contributed by atoms with E-state index in [2.05, 4.69) is 10.8 Å². The van der Waals surface area contributed by atoms with E-state index in [1.807, 2.05) is 0 Å². The summed E-state index contributed by atoms with van der Waals surface area (Å²) in [5, 5.41) is 0. The first-order valence-corrected chi connectivity index (χ1v) is 12.3. The summed E-state index contributed by atoms with van der Waals surface area (Å²) in [7, 11) is -4.76. The van der Waals surface area contributed by atoms with E-state index in [0.717, 1.165) is 23.8 Å². The number of hydrogen-bond donors (Lipinski definition) is 0. The molecule has 0 amide bonds. The molecule has 0 spiro atoms. The zero-order chi connectivity index (χ0) is 26.5. The highest BCUT2D eigenvalue weighted by molar-refractivity contribution is 7.87. The van der Waals surface area contributed by atoms with Crippen LogP contribution in [0.5, 0.6) is 5.75 Å². The van der Waals surface area contributed by atoms with E-state index in [1.54, 1.807) is 31.2 Å². The highest BCUT2D eigenvalue weighted by Gasteiger charge is 2.32. The van der Waals surface area contributed by atoms with Crippen molar-refractivity contribution in [3.8, 4) is 5.75 Å². The van der Waals surface area contributed by atoms with Crippen LogP contribution in [0.4, 0.5) is 22.0 Å². The summed E-state index contributed by atoms with van der Waals surface area (Å²) in [4.78, 5) is -0.437. The number of halogens is 5. The van der Waals surface area contributed by atoms with Gasteiger partial charge in [-0.05, 0) is 56.0 Å². The molecule has 3 nitrogen and oxygen atoms in total. The molecule has 0 heterocycles. The molecule has 0 aromatic heterocycles. The molecule has 1 atom stereocenters. The summed E-state index contributed by atoms with van der Waals surface area (Å²) in [6, 6.07) is 11.0. The maximum Gasteiger partial charge on any atom is 0.339 e. The molecule has 3 aromatic carbocycles. The third-order valence-electron chi connectivity index (χ3n) is 5.49. The number of hydrogen-bond acceptors (Lipinski definition) is 3. The van der Waals surface area contributed by atoms with Crippen LogP contribution in [-0.4, -0.2) is 8.42 Å². The van der Waals surface area contributed by atoms with Crippen molar-refractivity contribution in [2.45, 2.75) is 37.0 Å². The predicted octanol–water partition coefficient (Wildman–Crippen LogP) is 7.31. The van der Waals surface area contributed by atoms with Crippen LogP contribution >= 0.6 is 0 Å². The summed E-state index contributed by atoms with van der Waals surface area (Å²) < 4.78 is 101. The first-order chi connectivity index (χ1) is 17.0. The maximum atomic E-state index is 14.8. The fourth-order valence-corrected chi connectivity index (χ4v) is 4.43. The molecule has 0 aliphatic heterocycles. The van der Waals surface area contributed by atoms with Crippen LogP contribution in [0.2, 0.25) is 0 Å². The quantitative estimate of drug-likeness (QED) is 0.121. The Morgan fingerprint density at radius 2 is 1.44 bits per heavy atom. The normalized spacial score (nSPS) is 12.6. The van der Waals surface area contributed by atoms with Crippen LogP contribution in [0.3, 0.4) is 0 Å². The van der Waals surface area contributed by atoms with Gasteiger partial charge in [0.25, 0.3) is 0 Å². The largest absolute Gasteiger partial charge is 0.372 e. The van der Waals surface area contributed by atoms with Crippen LogP contribution in [-0.2, 0) is 16.5 Å². The zero-order valence-electron chi connectivity index (χ0n) is 19.3. The van der Waals surface area contributed by atoms with Crippen molar-refractivity contribution in [1.29, 1.82) is 0 Å². The van der Waals surface area contributed by atoms with E-state index in [0.29, 0.717) is 18.4 Å². The fraction of sp³-hybridized carbons (Fsp3) is 0.185. The van der Waals surface area contributed by atoms with Crippen molar-refractivity contribution in [2.24, 2.45) is 0 Å². The summed E-state index contributed by atoms with van der Waals surface area (Å²) in [6.45, 7) is 5.19. The Balaban J connectivity index is 1.79. The minimum Gasteiger partial charge on any atom is -0.372 e. The van der Waals surface area contributed by atoms with Crippen LogP contribution in [0.15, 0.2) is 78.2 Å². The van der Waals surface area contributed by atoms with Gasteiger partial charge >= 0.3 is 10.1 Å². The molecule has 36 heavy (non-hydrogen) atoms. The SMILES string of the molecule is C=CC(CC/C=C/Cc1ccc(F)cc1)c1c(F)c(F)c(OS(=O)(=O)c2ccc(C)cc2)c(F)c1F. The Morgan fingerprint density at radius 3 is 2.00 bits per heavy atom. The average molecular weight is 523 g/mol. The molecule has 0 radical (unpaired) electrons. The number of rotatable bonds is 10. The van der Waals surface area contributed by atoms with E-state index in [1.165, 1.54) is 24.3 Å². The highest BCUT2D eigenvalue weighted by atomic mass is 32.2. The van der Waals surface area contributed by atoms with Crippen LogP contribution in [0.25, 0.3) is 0 Å². The van der Waals surface area contributed by atoms with Gasteiger partial charge in [-0.25, -0.2) is 13.2 Å². The van der Waals surface area contributed by atoms with Gasteiger partial charge in [0.2, 0.25) is 17.4 Å². The molecule has 190 valence electrons. The highest BCUT2D eigenvalue weighted by Crippen LogP contribution is 2.37. The smallest absolute Gasteiger partial charge is 0.339 e. The summed E-state index contributed by atoms with van der Waals surface area (Å²) >= 11 is 0. The molecule has 0 N–H and O–H groups in total. The van der Waals surface area contributed by atoms with Gasteiger partial charge in [0.1, 0.15) is 10.7 Å². The number of benzene rings is 3. The Morgan fingerprint density at radius 1 is 0.861 bits per heavy atom. The lowest BCUT2D eigenvalue weighted by molar-refractivity contribution is 0.378. The first kappa shape index (κ1) is 27.1. The Labute approximate surface area is 206 Å². The summed E-state index contributed by atoms with van der Waals surface area (Å²) in [6.07, 6.45) is 5.49. The minimum atomic E-state index is -4.76. The molecular formula is C27H23F5O3S. The van der Waals surface area contributed by atoms with Crippen molar-refractivity contribution in [3.63, 3.8) is 0 Å². The van der Waals surface area contributed by atoms with Crippen molar-refractivity contribution in [2.75, 3.05) is 0 Å². The van der Waals surface area contributed by atoms with E-state index >= 15 is 0 Å². The topological polar surface area (TPSA) is 43.4 Å². The number of aryl methyl sites for hydroxylation is 1. The van der Waals surface area contributed by atoms with E-state index in [-0.39, 0.29) is 12.2 Å². The molecular weight excluding hydrogens is 499 g/mol. The van der Waals surface area contributed by atoms with Crippen molar-refractivity contribution >= 4 is 10.1 Å². The van der Waals surface area contributed by atoms with Gasteiger partial charge in [0, 0.05) is 11.5 Å². The van der Waals surface area contributed by atoms with Crippen molar-refractivity contribution < 1.29 is 34.6 Å². The Kier molecular flexibility index (Phi) is 8.68. The van der Waals surface area contributed by atoms with Gasteiger partial charge in [-0.1, -0.05) is 48.1 Å². The molecule has 0 aliphatic rings. The molecule has 0 aliphatic carbocycles. The molecule has 1 unspecified atom stereocenters. The lowest BCUT2D eigenvalue weighted by atomic mass is 9.92. The summed E-state index contributed by atoms with van der Waals surface area (Å²) in [5.41, 5.74) is 0.658. The fourth-order valence-electron chi connectivity index (χ4n) is 3.50. The standard InChI is InChI=1S/C27H23F5O3S/c1-3-19(8-6-4-5-7-18-11-13-20(28)14-12-18)22-23(29)25(31)27(26(32)24(22)30)35-36(33,34)21-15-9-17(2)10-16-21/h3-5,9-16,19H,1,6-8H2,2H3/b5-4+. The van der Waals surface area contributed by atoms with Crippen LogP contribution in [0.1, 0.15) is 35.4 Å². The van der Waals surface area contributed by atoms with Crippen LogP contribution < -0.4 is 4.18 Å². The molecule has 0 fully saturated rings. The second-order valence-electron chi connectivity index (χ2n) is 8.07. The third kappa shape index (κ3) is 6.20. The molecule has 0 saturated heterocycles.